The molecule has 1 aliphatic rings. The first-order valence-corrected chi connectivity index (χ1v) is 4.03. The van der Waals surface area contributed by atoms with Gasteiger partial charge in [-0.05, 0) is 37.5 Å². The Morgan fingerprint density at radius 2 is 2.08 bits per heavy atom. The Kier molecular flexibility index (Phi) is 2.58. The Morgan fingerprint density at radius 1 is 1.42 bits per heavy atom. The van der Waals surface area contributed by atoms with E-state index in [0.717, 1.165) is 17.6 Å². The summed E-state index contributed by atoms with van der Waals surface area (Å²) < 4.78 is 0. The highest BCUT2D eigenvalue weighted by Gasteiger charge is 2.16. The van der Waals surface area contributed by atoms with E-state index in [-0.39, 0.29) is 11.6 Å². The number of allylic oxidation sites excluding steroid dienone is 4. The van der Waals surface area contributed by atoms with Gasteiger partial charge >= 0.3 is 0 Å². The third-order valence-corrected chi connectivity index (χ3v) is 2.04. The van der Waals surface area contributed by atoms with Gasteiger partial charge in [0.25, 0.3) is 0 Å². The van der Waals surface area contributed by atoms with Crippen molar-refractivity contribution >= 4 is 11.6 Å². The highest BCUT2D eigenvalue weighted by Crippen LogP contribution is 2.23. The van der Waals surface area contributed by atoms with Crippen LogP contribution in [0.2, 0.25) is 0 Å². The molecule has 0 spiro atoms. The number of hydrogen-bond acceptors (Lipinski definition) is 2. The van der Waals surface area contributed by atoms with Crippen LogP contribution >= 0.6 is 0 Å². The van der Waals surface area contributed by atoms with Gasteiger partial charge in [0.15, 0.2) is 11.6 Å². The van der Waals surface area contributed by atoms with E-state index >= 15 is 0 Å². The molecule has 0 radical (unpaired) electrons. The molecule has 0 saturated heterocycles. The Labute approximate surface area is 72.0 Å². The van der Waals surface area contributed by atoms with Gasteiger partial charge in [0.2, 0.25) is 0 Å². The first-order valence-electron chi connectivity index (χ1n) is 4.03. The lowest BCUT2D eigenvalue weighted by Gasteiger charge is -1.91. The summed E-state index contributed by atoms with van der Waals surface area (Å²) in [6, 6.07) is 0. The van der Waals surface area contributed by atoms with Crippen LogP contribution in [-0.4, -0.2) is 11.6 Å². The minimum absolute atomic E-state index is 0.0228. The predicted octanol–water partition coefficient (Wildman–Crippen LogP) is 1.81. The molecule has 0 aromatic carbocycles. The second-order valence-electron chi connectivity index (χ2n) is 3.02. The normalized spacial score (nSPS) is 18.0. The summed E-state index contributed by atoms with van der Waals surface area (Å²) in [7, 11) is 0. The fourth-order valence-electron chi connectivity index (χ4n) is 1.23. The fraction of sp³-hybridized carbons (Fsp3) is 0.400. The summed E-state index contributed by atoms with van der Waals surface area (Å²) >= 11 is 0. The zero-order valence-corrected chi connectivity index (χ0v) is 7.39. The van der Waals surface area contributed by atoms with Crippen molar-refractivity contribution in [3.8, 4) is 0 Å². The van der Waals surface area contributed by atoms with Crippen LogP contribution in [0.4, 0.5) is 0 Å². The first kappa shape index (κ1) is 8.91. The molecular weight excluding hydrogens is 152 g/mol. The third kappa shape index (κ3) is 1.91. The van der Waals surface area contributed by atoms with Crippen molar-refractivity contribution in [1.29, 1.82) is 0 Å². The summed E-state index contributed by atoms with van der Waals surface area (Å²) in [5, 5.41) is 0. The second-order valence-corrected chi connectivity index (χ2v) is 3.02. The van der Waals surface area contributed by atoms with Crippen molar-refractivity contribution in [3.63, 3.8) is 0 Å². The molecule has 0 amide bonds. The van der Waals surface area contributed by atoms with E-state index in [1.54, 1.807) is 6.08 Å². The lowest BCUT2D eigenvalue weighted by molar-refractivity contribution is -0.115. The third-order valence-electron chi connectivity index (χ3n) is 2.04. The van der Waals surface area contributed by atoms with E-state index in [0.29, 0.717) is 6.42 Å². The Hall–Kier alpha value is -1.18. The average Bonchev–Trinajstić information content (AvgIpc) is 2.30. The van der Waals surface area contributed by atoms with Crippen LogP contribution < -0.4 is 0 Å². The number of carbonyl (C=O) groups is 2. The number of ketones is 2. The van der Waals surface area contributed by atoms with Gasteiger partial charge in [-0.25, -0.2) is 0 Å². The van der Waals surface area contributed by atoms with Crippen LogP contribution in [0.25, 0.3) is 0 Å². The molecule has 1 aliphatic carbocycles. The minimum Gasteiger partial charge on any atom is -0.295 e. The van der Waals surface area contributed by atoms with Gasteiger partial charge < -0.3 is 0 Å². The average molecular weight is 164 g/mol. The topological polar surface area (TPSA) is 34.1 Å². The first-order chi connectivity index (χ1) is 5.61. The molecule has 12 heavy (non-hydrogen) atoms. The molecule has 0 bridgehead atoms. The molecule has 0 aromatic rings. The van der Waals surface area contributed by atoms with Gasteiger partial charge in [-0.15, -0.1) is 0 Å². The van der Waals surface area contributed by atoms with E-state index in [2.05, 4.69) is 0 Å². The maximum absolute atomic E-state index is 11.1. The van der Waals surface area contributed by atoms with Crippen molar-refractivity contribution in [2.75, 3.05) is 0 Å². The van der Waals surface area contributed by atoms with Crippen LogP contribution in [0.5, 0.6) is 0 Å². The van der Waals surface area contributed by atoms with E-state index in [1.807, 2.05) is 6.92 Å². The van der Waals surface area contributed by atoms with E-state index in [4.69, 9.17) is 0 Å². The molecular formula is C10H12O2. The summed E-state index contributed by atoms with van der Waals surface area (Å²) in [4.78, 5) is 21.6. The number of hydrogen-bond donors (Lipinski definition) is 0. The number of Topliss-reactive ketones (excluding diaryl/α,β-unsaturated/α-hetero) is 1. The van der Waals surface area contributed by atoms with Gasteiger partial charge in [-0.3, -0.25) is 9.59 Å². The molecule has 2 nitrogen and oxygen atoms in total. The summed E-state index contributed by atoms with van der Waals surface area (Å²) in [6.45, 7) is 3.32. The molecule has 0 unspecified atom stereocenters. The Balaban J connectivity index is 2.77. The van der Waals surface area contributed by atoms with Crippen LogP contribution in [0.3, 0.4) is 0 Å². The molecule has 64 valence electrons. The quantitative estimate of drug-likeness (QED) is 0.583. The van der Waals surface area contributed by atoms with Crippen LogP contribution in [0.1, 0.15) is 26.7 Å². The molecule has 0 fully saturated rings. The van der Waals surface area contributed by atoms with Gasteiger partial charge in [-0.2, -0.15) is 0 Å². The standard InChI is InChI=1S/C10H12O2/c1-7(11)3-4-9-5-6-10(12)8(9)2/h3-4H,5-6H2,1-2H3. The van der Waals surface area contributed by atoms with Crippen molar-refractivity contribution in [3.05, 3.63) is 23.3 Å². The minimum atomic E-state index is 0.0228. The summed E-state index contributed by atoms with van der Waals surface area (Å²) in [5.41, 5.74) is 1.82. The Morgan fingerprint density at radius 3 is 2.50 bits per heavy atom. The maximum Gasteiger partial charge on any atom is 0.159 e. The molecule has 2 heteroatoms. The van der Waals surface area contributed by atoms with Crippen molar-refractivity contribution in [2.24, 2.45) is 0 Å². The lowest BCUT2D eigenvalue weighted by atomic mass is 10.1. The van der Waals surface area contributed by atoms with E-state index in [9.17, 15) is 9.59 Å². The number of rotatable bonds is 2. The maximum atomic E-state index is 11.1. The smallest absolute Gasteiger partial charge is 0.159 e. The van der Waals surface area contributed by atoms with Crippen molar-refractivity contribution < 1.29 is 9.59 Å². The highest BCUT2D eigenvalue weighted by molar-refractivity contribution is 5.99. The van der Waals surface area contributed by atoms with Crippen molar-refractivity contribution in [2.45, 2.75) is 26.7 Å². The summed E-state index contributed by atoms with van der Waals surface area (Å²) in [6.07, 6.45) is 4.65. The zero-order valence-electron chi connectivity index (χ0n) is 7.39. The number of carbonyl (C=O) groups excluding carboxylic acids is 2. The van der Waals surface area contributed by atoms with Crippen LogP contribution in [0.15, 0.2) is 23.3 Å². The fourth-order valence-corrected chi connectivity index (χ4v) is 1.23. The van der Waals surface area contributed by atoms with Gasteiger partial charge in [0.05, 0.1) is 0 Å². The predicted molar refractivity (Wildman–Crippen MR) is 46.8 cm³/mol. The molecule has 0 atom stereocenters. The second kappa shape index (κ2) is 3.48. The monoisotopic (exact) mass is 164 g/mol. The van der Waals surface area contributed by atoms with Crippen LogP contribution in [0, 0.1) is 0 Å². The highest BCUT2D eigenvalue weighted by atomic mass is 16.1. The van der Waals surface area contributed by atoms with Gasteiger partial charge in [-0.1, -0.05) is 6.08 Å². The molecule has 0 aromatic heterocycles. The SMILES string of the molecule is CC(=O)C=CC1=C(C)C(=O)CC1. The molecule has 0 N–H and O–H groups in total. The van der Waals surface area contributed by atoms with Crippen molar-refractivity contribution in [1.82, 2.24) is 0 Å². The van der Waals surface area contributed by atoms with E-state index in [1.165, 1.54) is 13.0 Å². The molecule has 0 saturated carbocycles. The Bertz CT molecular complexity index is 282. The van der Waals surface area contributed by atoms with E-state index < -0.39 is 0 Å². The lowest BCUT2D eigenvalue weighted by Crippen LogP contribution is -1.90. The molecule has 0 aliphatic heterocycles. The molecule has 0 heterocycles. The molecule has 1 rings (SSSR count). The van der Waals surface area contributed by atoms with Crippen LogP contribution in [-0.2, 0) is 9.59 Å². The largest absolute Gasteiger partial charge is 0.295 e. The van der Waals surface area contributed by atoms with Gasteiger partial charge in [0.1, 0.15) is 0 Å². The zero-order chi connectivity index (χ0) is 9.14. The van der Waals surface area contributed by atoms with Gasteiger partial charge in [0, 0.05) is 6.42 Å². The summed E-state index contributed by atoms with van der Waals surface area (Å²) in [5.74, 6) is 0.229.